The Hall–Kier alpha value is -2.02. The van der Waals surface area contributed by atoms with Crippen molar-refractivity contribution in [2.24, 2.45) is 0 Å². The van der Waals surface area contributed by atoms with Crippen LogP contribution in [0.25, 0.3) is 0 Å². The van der Waals surface area contributed by atoms with Gasteiger partial charge in [0, 0.05) is 5.56 Å². The molecule has 72 valence electrons. The molecule has 0 aromatic heterocycles. The predicted octanol–water partition coefficient (Wildman–Crippen LogP) is 1.48. The van der Waals surface area contributed by atoms with Crippen molar-refractivity contribution in [1.29, 1.82) is 5.26 Å². The summed E-state index contributed by atoms with van der Waals surface area (Å²) in [6.07, 6.45) is 0.600. The van der Waals surface area contributed by atoms with Gasteiger partial charge in [-0.2, -0.15) is 5.26 Å². The Balaban J connectivity index is 3.28. The van der Waals surface area contributed by atoms with Gasteiger partial charge in [0.2, 0.25) is 0 Å². The normalized spacial score (nSPS) is 9.14. The molecule has 0 amide bonds. The molecular weight excluding hydrogens is 182 g/mol. The Kier molecular flexibility index (Phi) is 3.08. The summed E-state index contributed by atoms with van der Waals surface area (Å²) in [5.41, 5.74) is 0.348. The van der Waals surface area contributed by atoms with Gasteiger partial charge >= 0.3 is 0 Å². The highest BCUT2D eigenvalue weighted by molar-refractivity contribution is 5.78. The Morgan fingerprint density at radius 3 is 2.86 bits per heavy atom. The highest BCUT2D eigenvalue weighted by Crippen LogP contribution is 2.30. The van der Waals surface area contributed by atoms with Crippen molar-refractivity contribution < 1.29 is 14.6 Å². The molecule has 4 heteroatoms. The molecule has 0 aliphatic carbocycles. The Morgan fingerprint density at radius 1 is 1.64 bits per heavy atom. The first-order valence-corrected chi connectivity index (χ1v) is 4.08. The highest BCUT2D eigenvalue weighted by atomic mass is 16.5. The van der Waals surface area contributed by atoms with Gasteiger partial charge < -0.3 is 9.84 Å². The largest absolute Gasteiger partial charge is 0.503 e. The molecule has 1 aromatic carbocycles. The molecule has 0 saturated heterocycles. The molecule has 0 aliphatic rings. The number of carbonyl (C=O) groups is 1. The van der Waals surface area contributed by atoms with Crippen LogP contribution < -0.4 is 4.74 Å². The lowest BCUT2D eigenvalue weighted by Crippen LogP contribution is -1.95. The summed E-state index contributed by atoms with van der Waals surface area (Å²) in [5.74, 6) is -0.0615. The molecule has 14 heavy (non-hydrogen) atoms. The molecule has 0 fully saturated rings. The number of phenols is 1. The number of rotatable bonds is 3. The first-order chi connectivity index (χ1) is 6.72. The van der Waals surface area contributed by atoms with E-state index in [1.165, 1.54) is 12.1 Å². The highest BCUT2D eigenvalue weighted by Gasteiger charge is 2.09. The van der Waals surface area contributed by atoms with E-state index in [-0.39, 0.29) is 17.1 Å². The van der Waals surface area contributed by atoms with E-state index in [2.05, 4.69) is 0 Å². The molecule has 0 aliphatic heterocycles. The molecule has 1 rings (SSSR count). The second kappa shape index (κ2) is 4.28. The maximum absolute atomic E-state index is 10.5. The quantitative estimate of drug-likeness (QED) is 0.734. The van der Waals surface area contributed by atoms with Crippen LogP contribution >= 0.6 is 0 Å². The molecule has 0 heterocycles. The van der Waals surface area contributed by atoms with E-state index in [4.69, 9.17) is 10.00 Å². The third-order valence-electron chi connectivity index (χ3n) is 1.65. The van der Waals surface area contributed by atoms with Crippen LogP contribution in [0.1, 0.15) is 22.8 Å². The molecule has 0 saturated carbocycles. The van der Waals surface area contributed by atoms with E-state index in [9.17, 15) is 9.90 Å². The SMILES string of the molecule is CCOc1cc(C=O)cc(C#N)c1O. The number of nitrogens with zero attached hydrogens (tertiary/aromatic N) is 1. The molecule has 0 radical (unpaired) electrons. The predicted molar refractivity (Wildman–Crippen MR) is 49.4 cm³/mol. The molecule has 0 bridgehead atoms. The number of hydrogen-bond acceptors (Lipinski definition) is 4. The van der Waals surface area contributed by atoms with Crippen LogP contribution in [0.2, 0.25) is 0 Å². The van der Waals surface area contributed by atoms with E-state index < -0.39 is 0 Å². The number of aromatic hydroxyl groups is 1. The topological polar surface area (TPSA) is 70.3 Å². The minimum Gasteiger partial charge on any atom is -0.503 e. The lowest BCUT2D eigenvalue weighted by atomic mass is 10.1. The van der Waals surface area contributed by atoms with Gasteiger partial charge in [0.05, 0.1) is 12.2 Å². The Bertz CT molecular complexity index is 393. The zero-order valence-corrected chi connectivity index (χ0v) is 7.65. The van der Waals surface area contributed by atoms with E-state index in [1.54, 1.807) is 13.0 Å². The molecule has 4 nitrogen and oxygen atoms in total. The summed E-state index contributed by atoms with van der Waals surface area (Å²) >= 11 is 0. The summed E-state index contributed by atoms with van der Waals surface area (Å²) in [4.78, 5) is 10.5. The monoisotopic (exact) mass is 191 g/mol. The van der Waals surface area contributed by atoms with E-state index in [0.717, 1.165) is 0 Å². The van der Waals surface area contributed by atoms with Crippen LogP contribution in [-0.2, 0) is 0 Å². The summed E-state index contributed by atoms with van der Waals surface area (Å²) < 4.78 is 5.06. The van der Waals surface area contributed by atoms with Crippen molar-refractivity contribution in [2.45, 2.75) is 6.92 Å². The number of benzene rings is 1. The fraction of sp³-hybridized carbons (Fsp3) is 0.200. The third kappa shape index (κ3) is 1.83. The number of hydrogen-bond donors (Lipinski definition) is 1. The Labute approximate surface area is 81.4 Å². The average molecular weight is 191 g/mol. The first kappa shape index (κ1) is 10.1. The van der Waals surface area contributed by atoms with Gasteiger partial charge in [-0.1, -0.05) is 0 Å². The number of carbonyl (C=O) groups excluding carboxylic acids is 1. The maximum atomic E-state index is 10.5. The molecule has 0 spiro atoms. The van der Waals surface area contributed by atoms with Crippen molar-refractivity contribution in [3.8, 4) is 17.6 Å². The molecule has 0 atom stereocenters. The van der Waals surface area contributed by atoms with E-state index >= 15 is 0 Å². The minimum atomic E-state index is -0.222. The van der Waals surface area contributed by atoms with Crippen molar-refractivity contribution in [2.75, 3.05) is 6.61 Å². The first-order valence-electron chi connectivity index (χ1n) is 4.08. The van der Waals surface area contributed by atoms with Crippen LogP contribution in [0.5, 0.6) is 11.5 Å². The summed E-state index contributed by atoms with van der Waals surface area (Å²) in [7, 11) is 0. The smallest absolute Gasteiger partial charge is 0.175 e. The van der Waals surface area contributed by atoms with E-state index in [0.29, 0.717) is 18.5 Å². The maximum Gasteiger partial charge on any atom is 0.175 e. The third-order valence-corrected chi connectivity index (χ3v) is 1.65. The molecule has 1 aromatic rings. The second-order valence-corrected chi connectivity index (χ2v) is 2.58. The zero-order chi connectivity index (χ0) is 10.6. The van der Waals surface area contributed by atoms with Crippen molar-refractivity contribution >= 4 is 6.29 Å². The van der Waals surface area contributed by atoms with Gasteiger partial charge in [0.1, 0.15) is 12.4 Å². The number of ether oxygens (including phenoxy) is 1. The number of aldehydes is 1. The lowest BCUT2D eigenvalue weighted by Gasteiger charge is -2.07. The summed E-state index contributed by atoms with van der Waals surface area (Å²) in [6, 6.07) is 4.49. The molecular formula is C10H9NO3. The minimum absolute atomic E-state index is 0.0399. The van der Waals surface area contributed by atoms with Gasteiger partial charge in [-0.3, -0.25) is 4.79 Å². The van der Waals surface area contributed by atoms with Gasteiger partial charge in [0.25, 0.3) is 0 Å². The van der Waals surface area contributed by atoms with Crippen molar-refractivity contribution in [3.63, 3.8) is 0 Å². The van der Waals surface area contributed by atoms with Crippen LogP contribution in [0.3, 0.4) is 0 Å². The summed E-state index contributed by atoms with van der Waals surface area (Å²) in [6.45, 7) is 2.11. The van der Waals surface area contributed by atoms with Crippen LogP contribution in [0, 0.1) is 11.3 Å². The van der Waals surface area contributed by atoms with Crippen LogP contribution in [0.4, 0.5) is 0 Å². The number of phenolic OH excluding ortho intramolecular Hbond substituents is 1. The zero-order valence-electron chi connectivity index (χ0n) is 7.65. The average Bonchev–Trinajstić information content (AvgIpc) is 2.21. The number of nitriles is 1. The van der Waals surface area contributed by atoms with Crippen molar-refractivity contribution in [1.82, 2.24) is 0 Å². The van der Waals surface area contributed by atoms with Gasteiger partial charge in [-0.05, 0) is 19.1 Å². The fourth-order valence-electron chi connectivity index (χ4n) is 1.05. The van der Waals surface area contributed by atoms with Crippen LogP contribution in [-0.4, -0.2) is 18.0 Å². The summed E-state index contributed by atoms with van der Waals surface area (Å²) in [5, 5.41) is 18.1. The molecule has 0 unspecified atom stereocenters. The fourth-order valence-corrected chi connectivity index (χ4v) is 1.05. The van der Waals surface area contributed by atoms with Crippen molar-refractivity contribution in [3.05, 3.63) is 23.3 Å². The van der Waals surface area contributed by atoms with Crippen LogP contribution in [0.15, 0.2) is 12.1 Å². The van der Waals surface area contributed by atoms with Gasteiger partial charge in [0.15, 0.2) is 11.5 Å². The van der Waals surface area contributed by atoms with Gasteiger partial charge in [-0.15, -0.1) is 0 Å². The van der Waals surface area contributed by atoms with E-state index in [1.807, 2.05) is 0 Å². The Morgan fingerprint density at radius 2 is 2.36 bits per heavy atom. The van der Waals surface area contributed by atoms with Gasteiger partial charge in [-0.25, -0.2) is 0 Å². The standard InChI is InChI=1S/C10H9NO3/c1-2-14-9-4-7(6-12)3-8(5-11)10(9)13/h3-4,6,13H,2H2,1H3. The lowest BCUT2D eigenvalue weighted by molar-refractivity contribution is 0.112. The molecule has 1 N–H and O–H groups in total. The second-order valence-electron chi connectivity index (χ2n) is 2.58.